The summed E-state index contributed by atoms with van der Waals surface area (Å²) < 4.78 is 5.14. The minimum Gasteiger partial charge on any atom is -0.497 e. The minimum atomic E-state index is -0.600. The topological polar surface area (TPSA) is 114 Å². The second-order valence-electron chi connectivity index (χ2n) is 6.00. The second-order valence-corrected chi connectivity index (χ2v) is 6.41. The zero-order valence-corrected chi connectivity index (χ0v) is 15.6. The third-order valence-corrected chi connectivity index (χ3v) is 4.54. The Balaban J connectivity index is 1.72. The van der Waals surface area contributed by atoms with Crippen LogP contribution in [-0.4, -0.2) is 29.5 Å². The lowest BCUT2D eigenvalue weighted by Crippen LogP contribution is -2.27. The first-order valence-corrected chi connectivity index (χ1v) is 8.69. The van der Waals surface area contributed by atoms with Gasteiger partial charge in [-0.05, 0) is 36.1 Å². The van der Waals surface area contributed by atoms with Crippen molar-refractivity contribution >= 4 is 34.1 Å². The number of halogens is 1. The number of rotatable bonds is 6. The molecule has 8 nitrogen and oxygen atoms in total. The van der Waals surface area contributed by atoms with Gasteiger partial charge in [-0.2, -0.15) is 0 Å². The van der Waals surface area contributed by atoms with Crippen molar-refractivity contribution in [2.24, 2.45) is 0 Å². The molecule has 28 heavy (non-hydrogen) atoms. The van der Waals surface area contributed by atoms with Gasteiger partial charge in [0.2, 0.25) is 0 Å². The number of hydrogen-bond donors (Lipinski definition) is 2. The van der Waals surface area contributed by atoms with Crippen LogP contribution in [0.1, 0.15) is 15.9 Å². The molecule has 3 rings (SSSR count). The number of hydrogen-bond acceptors (Lipinski definition) is 5. The van der Waals surface area contributed by atoms with Crippen LogP contribution in [0.3, 0.4) is 0 Å². The maximum Gasteiger partial charge on any atom is 0.270 e. The van der Waals surface area contributed by atoms with E-state index in [-0.39, 0.29) is 34.8 Å². The molecule has 0 aliphatic rings. The molecule has 0 aliphatic heterocycles. The van der Waals surface area contributed by atoms with E-state index in [1.807, 2.05) is 6.07 Å². The average molecular weight is 402 g/mol. The molecule has 0 radical (unpaired) electrons. The number of aromatic amines is 1. The van der Waals surface area contributed by atoms with E-state index in [9.17, 15) is 19.7 Å². The maximum atomic E-state index is 12.3. The first-order valence-electron chi connectivity index (χ1n) is 8.31. The molecule has 1 amide bonds. The number of fused-ring (bicyclic) bond motifs is 1. The third kappa shape index (κ3) is 4.12. The van der Waals surface area contributed by atoms with Crippen LogP contribution < -0.4 is 15.6 Å². The number of nitrogens with zero attached hydrogens (tertiary/aromatic N) is 1. The standard InChI is InChI=1S/C19H16ClN3O5/c1-28-14-4-2-11-8-12(18(24)22-17(11)10-14)6-7-21-19(25)15-9-13(23(26)27)3-5-16(15)20/h2-5,8-10H,6-7H2,1H3,(H,21,25)(H,22,24). The van der Waals surface area contributed by atoms with E-state index in [0.29, 0.717) is 16.8 Å². The molecule has 0 saturated carbocycles. The number of methoxy groups -OCH3 is 1. The summed E-state index contributed by atoms with van der Waals surface area (Å²) in [6.45, 7) is 0.169. The van der Waals surface area contributed by atoms with Gasteiger partial charge in [0, 0.05) is 30.3 Å². The number of carbonyl (C=O) groups excluding carboxylic acids is 1. The molecule has 144 valence electrons. The highest BCUT2D eigenvalue weighted by Crippen LogP contribution is 2.22. The fraction of sp³-hybridized carbons (Fsp3) is 0.158. The summed E-state index contributed by atoms with van der Waals surface area (Å²) in [5.74, 6) is 0.0904. The van der Waals surface area contributed by atoms with E-state index in [2.05, 4.69) is 10.3 Å². The van der Waals surface area contributed by atoms with E-state index >= 15 is 0 Å². The molecule has 0 spiro atoms. The zero-order valence-electron chi connectivity index (χ0n) is 14.8. The molecular weight excluding hydrogens is 386 g/mol. The summed E-state index contributed by atoms with van der Waals surface area (Å²) in [7, 11) is 1.55. The molecule has 2 N–H and O–H groups in total. The number of amides is 1. The van der Waals surface area contributed by atoms with Crippen LogP contribution in [-0.2, 0) is 6.42 Å². The van der Waals surface area contributed by atoms with Gasteiger partial charge >= 0.3 is 0 Å². The Morgan fingerprint density at radius 1 is 1.25 bits per heavy atom. The van der Waals surface area contributed by atoms with Crippen molar-refractivity contribution in [3.8, 4) is 5.75 Å². The number of benzene rings is 2. The SMILES string of the molecule is COc1ccc2cc(CCNC(=O)c3cc([N+](=O)[O-])ccc3Cl)c(=O)[nH]c2c1. The Hall–Kier alpha value is -3.39. The monoisotopic (exact) mass is 401 g/mol. The van der Waals surface area contributed by atoms with Gasteiger partial charge in [-0.3, -0.25) is 19.7 Å². The number of ether oxygens (including phenoxy) is 1. The molecule has 1 aromatic heterocycles. The van der Waals surface area contributed by atoms with Crippen molar-refractivity contribution in [2.45, 2.75) is 6.42 Å². The van der Waals surface area contributed by atoms with Gasteiger partial charge < -0.3 is 15.0 Å². The summed E-state index contributed by atoms with van der Waals surface area (Å²) in [6.07, 6.45) is 0.287. The van der Waals surface area contributed by atoms with Gasteiger partial charge in [0.15, 0.2) is 0 Å². The molecular formula is C19H16ClN3O5. The summed E-state index contributed by atoms with van der Waals surface area (Å²) in [5, 5.41) is 14.4. The number of carbonyl (C=O) groups is 1. The Bertz CT molecular complexity index is 1130. The van der Waals surface area contributed by atoms with Gasteiger partial charge in [0.25, 0.3) is 17.2 Å². The highest BCUT2D eigenvalue weighted by Gasteiger charge is 2.15. The number of H-pyrrole nitrogens is 1. The van der Waals surface area contributed by atoms with Crippen molar-refractivity contribution in [3.05, 3.63) is 79.1 Å². The van der Waals surface area contributed by atoms with Gasteiger partial charge in [-0.1, -0.05) is 11.6 Å². The molecule has 1 heterocycles. The van der Waals surface area contributed by atoms with Crippen LogP contribution in [0, 0.1) is 10.1 Å². The lowest BCUT2D eigenvalue weighted by atomic mass is 10.1. The predicted octanol–water partition coefficient (Wildman–Crippen LogP) is 3.07. The molecule has 9 heteroatoms. The van der Waals surface area contributed by atoms with Gasteiger partial charge in [-0.15, -0.1) is 0 Å². The Morgan fingerprint density at radius 2 is 2.04 bits per heavy atom. The first-order chi connectivity index (χ1) is 13.4. The van der Waals surface area contributed by atoms with Crippen molar-refractivity contribution in [1.82, 2.24) is 10.3 Å². The Kier molecular flexibility index (Phi) is 5.60. The minimum absolute atomic E-state index is 0.00961. The third-order valence-electron chi connectivity index (χ3n) is 4.22. The van der Waals surface area contributed by atoms with E-state index < -0.39 is 10.8 Å². The van der Waals surface area contributed by atoms with Crippen LogP contribution >= 0.6 is 11.6 Å². The van der Waals surface area contributed by atoms with Crippen LogP contribution in [0.25, 0.3) is 10.9 Å². The molecule has 3 aromatic rings. The van der Waals surface area contributed by atoms with Gasteiger partial charge in [0.05, 0.1) is 28.1 Å². The van der Waals surface area contributed by atoms with Crippen molar-refractivity contribution in [2.75, 3.05) is 13.7 Å². The summed E-state index contributed by atoms with van der Waals surface area (Å²) in [6, 6.07) is 10.7. The largest absolute Gasteiger partial charge is 0.497 e. The molecule has 0 bridgehead atoms. The fourth-order valence-electron chi connectivity index (χ4n) is 2.74. The second kappa shape index (κ2) is 8.10. The normalized spacial score (nSPS) is 10.6. The van der Waals surface area contributed by atoms with Crippen LogP contribution in [0.5, 0.6) is 5.75 Å². The molecule has 0 atom stereocenters. The number of non-ortho nitro benzene ring substituents is 1. The highest BCUT2D eigenvalue weighted by atomic mass is 35.5. The quantitative estimate of drug-likeness (QED) is 0.486. The Labute approximate surface area is 164 Å². The highest BCUT2D eigenvalue weighted by molar-refractivity contribution is 6.33. The average Bonchev–Trinajstić information content (AvgIpc) is 2.67. The fourth-order valence-corrected chi connectivity index (χ4v) is 2.95. The van der Waals surface area contributed by atoms with Crippen molar-refractivity contribution in [3.63, 3.8) is 0 Å². The summed E-state index contributed by atoms with van der Waals surface area (Å²) in [4.78, 5) is 37.6. The zero-order chi connectivity index (χ0) is 20.3. The van der Waals surface area contributed by atoms with E-state index in [1.54, 1.807) is 25.3 Å². The first kappa shape index (κ1) is 19.4. The maximum absolute atomic E-state index is 12.3. The number of nitro benzene ring substituents is 1. The number of nitro groups is 1. The smallest absolute Gasteiger partial charge is 0.270 e. The van der Waals surface area contributed by atoms with Crippen LogP contribution in [0.4, 0.5) is 5.69 Å². The van der Waals surface area contributed by atoms with Crippen molar-refractivity contribution in [1.29, 1.82) is 0 Å². The van der Waals surface area contributed by atoms with Crippen molar-refractivity contribution < 1.29 is 14.5 Å². The Morgan fingerprint density at radius 3 is 2.75 bits per heavy atom. The van der Waals surface area contributed by atoms with Gasteiger partial charge in [-0.25, -0.2) is 0 Å². The van der Waals surface area contributed by atoms with Crippen LogP contribution in [0.15, 0.2) is 47.3 Å². The number of pyridine rings is 1. The molecule has 0 fully saturated rings. The number of aromatic nitrogens is 1. The van der Waals surface area contributed by atoms with E-state index in [0.717, 1.165) is 11.5 Å². The number of nitrogens with one attached hydrogen (secondary N) is 2. The lowest BCUT2D eigenvalue weighted by molar-refractivity contribution is -0.384. The molecule has 2 aromatic carbocycles. The molecule has 0 unspecified atom stereocenters. The molecule has 0 saturated heterocycles. The summed E-state index contributed by atoms with van der Waals surface area (Å²) >= 11 is 5.96. The van der Waals surface area contributed by atoms with E-state index in [4.69, 9.17) is 16.3 Å². The van der Waals surface area contributed by atoms with Gasteiger partial charge in [0.1, 0.15) is 5.75 Å². The molecule has 0 aliphatic carbocycles. The lowest BCUT2D eigenvalue weighted by Gasteiger charge is -2.08. The predicted molar refractivity (Wildman–Crippen MR) is 105 cm³/mol. The van der Waals surface area contributed by atoms with E-state index in [1.165, 1.54) is 12.1 Å². The summed E-state index contributed by atoms with van der Waals surface area (Å²) in [5.41, 5.74) is 0.679. The van der Waals surface area contributed by atoms with Crippen LogP contribution in [0.2, 0.25) is 5.02 Å².